The van der Waals surface area contributed by atoms with Crippen molar-refractivity contribution in [2.75, 3.05) is 20.1 Å². The molecule has 1 rings (SSSR count). The van der Waals surface area contributed by atoms with Gasteiger partial charge in [0.25, 0.3) is 5.91 Å². The lowest BCUT2D eigenvalue weighted by molar-refractivity contribution is -0.127. The van der Waals surface area contributed by atoms with Gasteiger partial charge in [0.15, 0.2) is 6.10 Å². The third-order valence-corrected chi connectivity index (χ3v) is 3.23. The summed E-state index contributed by atoms with van der Waals surface area (Å²) >= 11 is 0. The quantitative estimate of drug-likeness (QED) is 0.752. The molecule has 0 spiro atoms. The van der Waals surface area contributed by atoms with Gasteiger partial charge < -0.3 is 15.4 Å². The molecule has 1 amide bonds. The van der Waals surface area contributed by atoms with Crippen LogP contribution in [-0.4, -0.2) is 32.1 Å². The van der Waals surface area contributed by atoms with Gasteiger partial charge in [-0.05, 0) is 44.0 Å². The molecule has 0 radical (unpaired) electrons. The first-order chi connectivity index (χ1) is 9.45. The molecule has 0 bridgehead atoms. The second-order valence-corrected chi connectivity index (χ2v) is 5.33. The molecule has 0 fully saturated rings. The van der Waals surface area contributed by atoms with Crippen LogP contribution in [0.1, 0.15) is 37.8 Å². The van der Waals surface area contributed by atoms with Crippen molar-refractivity contribution >= 4 is 5.91 Å². The lowest BCUT2D eigenvalue weighted by Crippen LogP contribution is -2.39. The van der Waals surface area contributed by atoms with Gasteiger partial charge in [-0.1, -0.05) is 26.0 Å². The first-order valence-corrected chi connectivity index (χ1v) is 7.15. The number of benzene rings is 1. The van der Waals surface area contributed by atoms with E-state index in [9.17, 15) is 4.79 Å². The fourth-order valence-electron chi connectivity index (χ4n) is 1.80. The van der Waals surface area contributed by atoms with E-state index >= 15 is 0 Å². The van der Waals surface area contributed by atoms with E-state index in [0.29, 0.717) is 12.5 Å². The largest absolute Gasteiger partial charge is 0.481 e. The van der Waals surface area contributed by atoms with Gasteiger partial charge in [0.1, 0.15) is 5.75 Å². The van der Waals surface area contributed by atoms with E-state index in [2.05, 4.69) is 30.5 Å². The first-order valence-electron chi connectivity index (χ1n) is 7.15. The molecule has 0 saturated carbocycles. The molecule has 2 N–H and O–H groups in total. The van der Waals surface area contributed by atoms with Gasteiger partial charge in [-0.2, -0.15) is 0 Å². The van der Waals surface area contributed by atoms with Crippen molar-refractivity contribution < 1.29 is 9.53 Å². The summed E-state index contributed by atoms with van der Waals surface area (Å²) in [5, 5.41) is 5.82. The topological polar surface area (TPSA) is 50.4 Å². The average molecular weight is 278 g/mol. The maximum atomic E-state index is 11.9. The highest BCUT2D eigenvalue weighted by molar-refractivity contribution is 5.80. The molecule has 1 aromatic carbocycles. The highest BCUT2D eigenvalue weighted by atomic mass is 16.5. The minimum Gasteiger partial charge on any atom is -0.481 e. The van der Waals surface area contributed by atoms with Gasteiger partial charge in [0.05, 0.1) is 0 Å². The van der Waals surface area contributed by atoms with Crippen LogP contribution in [-0.2, 0) is 4.79 Å². The molecule has 0 aromatic heterocycles. The van der Waals surface area contributed by atoms with Crippen molar-refractivity contribution in [3.63, 3.8) is 0 Å². The maximum absolute atomic E-state index is 11.9. The summed E-state index contributed by atoms with van der Waals surface area (Å²) in [5.41, 5.74) is 2.26. The van der Waals surface area contributed by atoms with Gasteiger partial charge >= 0.3 is 0 Å². The predicted octanol–water partition coefficient (Wildman–Crippen LogP) is 2.22. The molecule has 20 heavy (non-hydrogen) atoms. The summed E-state index contributed by atoms with van der Waals surface area (Å²) in [6.45, 7) is 9.40. The third kappa shape index (κ3) is 4.85. The predicted molar refractivity (Wildman–Crippen MR) is 82.3 cm³/mol. The van der Waals surface area contributed by atoms with Crippen LogP contribution in [0.2, 0.25) is 0 Å². The zero-order valence-corrected chi connectivity index (χ0v) is 13.1. The molecule has 1 unspecified atom stereocenters. The number of ether oxygens (including phenoxy) is 1. The number of hydrogen-bond acceptors (Lipinski definition) is 3. The molecular weight excluding hydrogens is 252 g/mol. The Morgan fingerprint density at radius 2 is 1.95 bits per heavy atom. The number of rotatable bonds is 7. The third-order valence-electron chi connectivity index (χ3n) is 3.23. The second-order valence-electron chi connectivity index (χ2n) is 5.33. The molecule has 0 aliphatic heterocycles. The zero-order chi connectivity index (χ0) is 15.1. The van der Waals surface area contributed by atoms with Gasteiger partial charge in [-0.3, -0.25) is 4.79 Å². The fraction of sp³-hybridized carbons (Fsp3) is 0.562. The van der Waals surface area contributed by atoms with E-state index in [-0.39, 0.29) is 5.91 Å². The smallest absolute Gasteiger partial charge is 0.260 e. The molecule has 0 heterocycles. The summed E-state index contributed by atoms with van der Waals surface area (Å²) < 4.78 is 5.80. The number of hydrogen-bond donors (Lipinski definition) is 2. The van der Waals surface area contributed by atoms with Crippen LogP contribution >= 0.6 is 0 Å². The van der Waals surface area contributed by atoms with Gasteiger partial charge in [-0.25, -0.2) is 0 Å². The minimum absolute atomic E-state index is 0.0883. The number of carbonyl (C=O) groups excluding carboxylic acids is 1. The fourth-order valence-corrected chi connectivity index (χ4v) is 1.80. The lowest BCUT2D eigenvalue weighted by atomic mass is 10.0. The van der Waals surface area contributed by atoms with Crippen molar-refractivity contribution in [2.24, 2.45) is 0 Å². The lowest BCUT2D eigenvalue weighted by Gasteiger charge is -2.18. The molecule has 0 saturated heterocycles. The number of aryl methyl sites for hydroxylation is 1. The normalized spacial score (nSPS) is 12.3. The molecule has 112 valence electrons. The summed E-state index contributed by atoms with van der Waals surface area (Å²) in [4.78, 5) is 11.9. The minimum atomic E-state index is -0.493. The van der Waals surface area contributed by atoms with E-state index < -0.39 is 6.10 Å². The van der Waals surface area contributed by atoms with Crippen molar-refractivity contribution in [3.05, 3.63) is 29.3 Å². The van der Waals surface area contributed by atoms with E-state index in [1.165, 1.54) is 5.56 Å². The van der Waals surface area contributed by atoms with E-state index in [0.717, 1.165) is 17.9 Å². The highest BCUT2D eigenvalue weighted by Crippen LogP contribution is 2.25. The second kappa shape index (κ2) is 7.90. The van der Waals surface area contributed by atoms with E-state index in [1.807, 2.05) is 26.1 Å². The Balaban J connectivity index is 2.67. The highest BCUT2D eigenvalue weighted by Gasteiger charge is 2.15. The van der Waals surface area contributed by atoms with Crippen LogP contribution in [0.15, 0.2) is 18.2 Å². The molecule has 0 aliphatic carbocycles. The molecule has 4 heteroatoms. The molecule has 1 atom stereocenters. The zero-order valence-electron chi connectivity index (χ0n) is 13.1. The van der Waals surface area contributed by atoms with E-state index in [4.69, 9.17) is 4.74 Å². The van der Waals surface area contributed by atoms with Crippen molar-refractivity contribution in [3.8, 4) is 5.75 Å². The maximum Gasteiger partial charge on any atom is 0.260 e. The number of carbonyl (C=O) groups is 1. The molecule has 0 aliphatic rings. The van der Waals surface area contributed by atoms with Crippen LogP contribution in [0.25, 0.3) is 0 Å². The van der Waals surface area contributed by atoms with Crippen molar-refractivity contribution in [1.82, 2.24) is 10.6 Å². The monoisotopic (exact) mass is 278 g/mol. The van der Waals surface area contributed by atoms with Crippen LogP contribution in [0.4, 0.5) is 0 Å². The Morgan fingerprint density at radius 1 is 1.25 bits per heavy atom. The first kappa shape index (κ1) is 16.5. The van der Waals surface area contributed by atoms with Crippen molar-refractivity contribution in [1.29, 1.82) is 0 Å². The van der Waals surface area contributed by atoms with E-state index in [1.54, 1.807) is 6.92 Å². The molecule has 1 aromatic rings. The summed E-state index contributed by atoms with van der Waals surface area (Å²) in [6, 6.07) is 6.16. The molecular formula is C16H26N2O2. The standard InChI is InChI=1S/C16H26N2O2/c1-11(2)14-7-6-12(3)15(10-14)20-13(4)16(19)18-9-8-17-5/h6-7,10-11,13,17H,8-9H2,1-5H3,(H,18,19). The van der Waals surface area contributed by atoms with Crippen LogP contribution < -0.4 is 15.4 Å². The Hall–Kier alpha value is -1.55. The van der Waals surface area contributed by atoms with Gasteiger partial charge in [0.2, 0.25) is 0 Å². The van der Waals surface area contributed by atoms with Crippen LogP contribution in [0, 0.1) is 6.92 Å². The van der Waals surface area contributed by atoms with Gasteiger partial charge in [0, 0.05) is 13.1 Å². The Morgan fingerprint density at radius 3 is 2.55 bits per heavy atom. The summed E-state index contributed by atoms with van der Waals surface area (Å²) in [5.74, 6) is 1.14. The Bertz CT molecular complexity index is 444. The Kier molecular flexibility index (Phi) is 6.52. The van der Waals surface area contributed by atoms with Crippen molar-refractivity contribution in [2.45, 2.75) is 39.7 Å². The molecule has 4 nitrogen and oxygen atoms in total. The SMILES string of the molecule is CNCCNC(=O)C(C)Oc1cc(C(C)C)ccc1C. The Labute approximate surface area is 121 Å². The average Bonchev–Trinajstić information content (AvgIpc) is 2.41. The van der Waals surface area contributed by atoms with Gasteiger partial charge in [-0.15, -0.1) is 0 Å². The summed E-state index contributed by atoms with van der Waals surface area (Å²) in [6.07, 6.45) is -0.493. The van der Waals surface area contributed by atoms with Crippen LogP contribution in [0.3, 0.4) is 0 Å². The number of amides is 1. The number of likely N-dealkylation sites (N-methyl/N-ethyl adjacent to an activating group) is 1. The number of nitrogens with one attached hydrogen (secondary N) is 2. The van der Waals surface area contributed by atoms with Crippen LogP contribution in [0.5, 0.6) is 5.75 Å². The summed E-state index contributed by atoms with van der Waals surface area (Å²) in [7, 11) is 1.85.